The normalized spacial score (nSPS) is 14.8. The summed E-state index contributed by atoms with van der Waals surface area (Å²) in [5.74, 6) is 1.97. The van der Waals surface area contributed by atoms with E-state index in [2.05, 4.69) is 21.2 Å². The Balaban J connectivity index is 2.07. The largest absolute Gasteiger partial charge is 0.486 e. The van der Waals surface area contributed by atoms with Crippen LogP contribution in [0.3, 0.4) is 0 Å². The standard InChI is InChI=1S/C13H17BrN2O3S/c1-20-5-2-9(15)13(17)16-10-7-12-11(6-8(10)14)18-3-4-19-12/h6-7,9H,2-5,15H2,1H3,(H,16,17)/t9-/m1/s1. The number of ether oxygens (including phenoxy) is 2. The van der Waals surface area contributed by atoms with Gasteiger partial charge in [-0.2, -0.15) is 11.8 Å². The Morgan fingerprint density at radius 1 is 1.45 bits per heavy atom. The topological polar surface area (TPSA) is 73.6 Å². The molecule has 3 N–H and O–H groups in total. The number of fused-ring (bicyclic) bond motifs is 1. The van der Waals surface area contributed by atoms with E-state index >= 15 is 0 Å². The Morgan fingerprint density at radius 3 is 2.75 bits per heavy atom. The third-order valence-electron chi connectivity index (χ3n) is 2.86. The Morgan fingerprint density at radius 2 is 2.10 bits per heavy atom. The van der Waals surface area contributed by atoms with Crippen molar-refractivity contribution < 1.29 is 14.3 Å². The Labute approximate surface area is 130 Å². The molecular weight excluding hydrogens is 344 g/mol. The van der Waals surface area contributed by atoms with Gasteiger partial charge in [-0.05, 0) is 34.4 Å². The highest BCUT2D eigenvalue weighted by atomic mass is 79.9. The van der Waals surface area contributed by atoms with Gasteiger partial charge in [0, 0.05) is 16.6 Å². The highest BCUT2D eigenvalue weighted by Gasteiger charge is 2.18. The summed E-state index contributed by atoms with van der Waals surface area (Å²) in [5.41, 5.74) is 6.48. The molecule has 20 heavy (non-hydrogen) atoms. The summed E-state index contributed by atoms with van der Waals surface area (Å²) in [7, 11) is 0. The van der Waals surface area contributed by atoms with Crippen LogP contribution in [-0.4, -0.2) is 37.2 Å². The molecule has 5 nitrogen and oxygen atoms in total. The van der Waals surface area contributed by atoms with E-state index in [0.717, 1.165) is 10.2 Å². The van der Waals surface area contributed by atoms with Crippen LogP contribution in [0.2, 0.25) is 0 Å². The quantitative estimate of drug-likeness (QED) is 0.842. The lowest BCUT2D eigenvalue weighted by Crippen LogP contribution is -2.36. The fourth-order valence-corrected chi connectivity index (χ4v) is 2.67. The molecule has 1 aliphatic rings. The minimum atomic E-state index is -0.512. The number of nitrogens with one attached hydrogen (secondary N) is 1. The van der Waals surface area contributed by atoms with E-state index in [1.54, 1.807) is 23.9 Å². The number of benzene rings is 1. The second-order valence-electron chi connectivity index (χ2n) is 4.35. The number of thioether (sulfide) groups is 1. The molecule has 110 valence electrons. The molecule has 2 rings (SSSR count). The third-order valence-corrected chi connectivity index (χ3v) is 4.16. The van der Waals surface area contributed by atoms with Crippen molar-refractivity contribution in [3.05, 3.63) is 16.6 Å². The van der Waals surface area contributed by atoms with Gasteiger partial charge in [0.25, 0.3) is 0 Å². The summed E-state index contributed by atoms with van der Waals surface area (Å²) in [4.78, 5) is 12.0. The first-order valence-corrected chi connectivity index (χ1v) is 8.45. The molecule has 0 aliphatic carbocycles. The number of hydrogen-bond acceptors (Lipinski definition) is 5. The fourth-order valence-electron chi connectivity index (χ4n) is 1.76. The van der Waals surface area contributed by atoms with E-state index in [9.17, 15) is 4.79 Å². The van der Waals surface area contributed by atoms with Crippen LogP contribution in [0.15, 0.2) is 16.6 Å². The van der Waals surface area contributed by atoms with Crippen LogP contribution in [-0.2, 0) is 4.79 Å². The van der Waals surface area contributed by atoms with Crippen molar-refractivity contribution in [2.75, 3.05) is 30.5 Å². The molecule has 0 unspecified atom stereocenters. The zero-order chi connectivity index (χ0) is 14.5. The maximum absolute atomic E-state index is 12.0. The van der Waals surface area contributed by atoms with Crippen molar-refractivity contribution in [2.24, 2.45) is 5.73 Å². The summed E-state index contributed by atoms with van der Waals surface area (Å²) in [6, 6.07) is 3.03. The van der Waals surface area contributed by atoms with Crippen LogP contribution in [0, 0.1) is 0 Å². The van der Waals surface area contributed by atoms with Crippen molar-refractivity contribution >= 4 is 39.3 Å². The predicted octanol–water partition coefficient (Wildman–Crippen LogP) is 2.24. The minimum Gasteiger partial charge on any atom is -0.486 e. The molecule has 0 saturated heterocycles. The van der Waals surface area contributed by atoms with Crippen molar-refractivity contribution in [3.63, 3.8) is 0 Å². The first kappa shape index (κ1) is 15.5. The smallest absolute Gasteiger partial charge is 0.241 e. The van der Waals surface area contributed by atoms with Gasteiger partial charge in [-0.25, -0.2) is 0 Å². The van der Waals surface area contributed by atoms with Crippen LogP contribution in [0.5, 0.6) is 11.5 Å². The average molecular weight is 361 g/mol. The van der Waals surface area contributed by atoms with E-state index in [1.165, 1.54) is 0 Å². The molecule has 1 heterocycles. The van der Waals surface area contributed by atoms with E-state index in [0.29, 0.717) is 36.8 Å². The molecule has 0 fully saturated rings. The van der Waals surface area contributed by atoms with Crippen molar-refractivity contribution in [3.8, 4) is 11.5 Å². The van der Waals surface area contributed by atoms with Gasteiger partial charge in [-0.3, -0.25) is 4.79 Å². The Bertz CT molecular complexity index is 499. The third kappa shape index (κ3) is 3.80. The van der Waals surface area contributed by atoms with Crippen LogP contribution in [0.1, 0.15) is 6.42 Å². The minimum absolute atomic E-state index is 0.198. The first-order valence-electron chi connectivity index (χ1n) is 6.26. The van der Waals surface area contributed by atoms with Gasteiger partial charge in [-0.15, -0.1) is 0 Å². The summed E-state index contributed by atoms with van der Waals surface area (Å²) in [6.07, 6.45) is 2.64. The van der Waals surface area contributed by atoms with E-state index in [1.807, 2.05) is 6.26 Å². The second kappa shape index (κ2) is 7.19. The molecule has 1 aliphatic heterocycles. The van der Waals surface area contributed by atoms with Crippen molar-refractivity contribution in [1.29, 1.82) is 0 Å². The SMILES string of the molecule is CSCC[C@@H](N)C(=O)Nc1cc2c(cc1Br)OCCO2. The molecule has 7 heteroatoms. The molecular formula is C13H17BrN2O3S. The Kier molecular flexibility index (Phi) is 5.56. The fraction of sp³-hybridized carbons (Fsp3) is 0.462. The number of nitrogens with two attached hydrogens (primary N) is 1. The zero-order valence-electron chi connectivity index (χ0n) is 11.1. The van der Waals surface area contributed by atoms with Crippen LogP contribution in [0.25, 0.3) is 0 Å². The number of anilines is 1. The maximum atomic E-state index is 12.0. The molecule has 1 aromatic rings. The molecule has 0 saturated carbocycles. The van der Waals surface area contributed by atoms with Gasteiger partial charge >= 0.3 is 0 Å². The van der Waals surface area contributed by atoms with E-state index < -0.39 is 6.04 Å². The number of halogens is 1. The van der Waals surface area contributed by atoms with Gasteiger partial charge in [0.15, 0.2) is 11.5 Å². The number of rotatable bonds is 5. The molecule has 0 spiro atoms. The highest BCUT2D eigenvalue weighted by molar-refractivity contribution is 9.10. The number of carbonyl (C=O) groups is 1. The van der Waals surface area contributed by atoms with Gasteiger partial charge in [-0.1, -0.05) is 0 Å². The lowest BCUT2D eigenvalue weighted by Gasteiger charge is -2.20. The van der Waals surface area contributed by atoms with Crippen LogP contribution < -0.4 is 20.5 Å². The maximum Gasteiger partial charge on any atom is 0.241 e. The monoisotopic (exact) mass is 360 g/mol. The van der Waals surface area contributed by atoms with Crippen LogP contribution >= 0.6 is 27.7 Å². The number of amides is 1. The molecule has 0 bridgehead atoms. The number of carbonyl (C=O) groups excluding carboxylic acids is 1. The summed E-state index contributed by atoms with van der Waals surface area (Å²) in [6.45, 7) is 1.04. The van der Waals surface area contributed by atoms with Gasteiger partial charge in [0.1, 0.15) is 13.2 Å². The molecule has 0 aromatic heterocycles. The van der Waals surface area contributed by atoms with Gasteiger partial charge < -0.3 is 20.5 Å². The molecule has 1 atom stereocenters. The first-order chi connectivity index (χ1) is 9.61. The number of hydrogen-bond donors (Lipinski definition) is 2. The highest BCUT2D eigenvalue weighted by Crippen LogP contribution is 2.38. The van der Waals surface area contributed by atoms with Crippen LogP contribution in [0.4, 0.5) is 5.69 Å². The van der Waals surface area contributed by atoms with E-state index in [4.69, 9.17) is 15.2 Å². The molecule has 1 amide bonds. The average Bonchev–Trinajstić information content (AvgIpc) is 2.45. The molecule has 0 radical (unpaired) electrons. The van der Waals surface area contributed by atoms with Gasteiger partial charge in [0.2, 0.25) is 5.91 Å². The zero-order valence-corrected chi connectivity index (χ0v) is 13.6. The summed E-state index contributed by atoms with van der Waals surface area (Å²) < 4.78 is 11.7. The summed E-state index contributed by atoms with van der Waals surface area (Å²) in [5, 5.41) is 2.81. The summed E-state index contributed by atoms with van der Waals surface area (Å²) >= 11 is 5.08. The molecule has 1 aromatic carbocycles. The van der Waals surface area contributed by atoms with Crippen molar-refractivity contribution in [2.45, 2.75) is 12.5 Å². The van der Waals surface area contributed by atoms with Crippen molar-refractivity contribution in [1.82, 2.24) is 0 Å². The van der Waals surface area contributed by atoms with E-state index in [-0.39, 0.29) is 5.91 Å². The second-order valence-corrected chi connectivity index (χ2v) is 6.19. The predicted molar refractivity (Wildman–Crippen MR) is 84.7 cm³/mol. The lowest BCUT2D eigenvalue weighted by molar-refractivity contribution is -0.117. The van der Waals surface area contributed by atoms with Gasteiger partial charge in [0.05, 0.1) is 11.7 Å². The lowest BCUT2D eigenvalue weighted by atomic mass is 10.2. The Hall–Kier alpha value is -0.920.